The smallest absolute Gasteiger partial charge is 0.128 e. The summed E-state index contributed by atoms with van der Waals surface area (Å²) in [6.07, 6.45) is 0. The third-order valence-corrected chi connectivity index (χ3v) is 3.08. The molecule has 21 heavy (non-hydrogen) atoms. The normalized spacial score (nSPS) is 9.90. The van der Waals surface area contributed by atoms with E-state index < -0.39 is 11.6 Å². The van der Waals surface area contributed by atoms with E-state index in [-0.39, 0.29) is 18.2 Å². The monoisotopic (exact) mass is 326 g/mol. The molecule has 0 spiro atoms. The van der Waals surface area contributed by atoms with E-state index in [9.17, 15) is 8.78 Å². The van der Waals surface area contributed by atoms with E-state index in [1.54, 1.807) is 6.07 Å². The fraction of sp³-hybridized carbons (Fsp3) is 0.125. The van der Waals surface area contributed by atoms with Gasteiger partial charge in [-0.2, -0.15) is 0 Å². The van der Waals surface area contributed by atoms with Crippen LogP contribution in [-0.2, 0) is 6.61 Å². The van der Waals surface area contributed by atoms with E-state index in [1.807, 2.05) is 0 Å². The topological polar surface area (TPSA) is 9.23 Å². The highest BCUT2D eigenvalue weighted by atomic mass is 35.5. The van der Waals surface area contributed by atoms with Gasteiger partial charge >= 0.3 is 0 Å². The van der Waals surface area contributed by atoms with Crippen LogP contribution in [0.15, 0.2) is 36.4 Å². The molecule has 0 heterocycles. The molecule has 0 aliphatic rings. The van der Waals surface area contributed by atoms with E-state index in [4.69, 9.17) is 27.9 Å². The Morgan fingerprint density at radius 2 is 1.86 bits per heavy atom. The van der Waals surface area contributed by atoms with Crippen molar-refractivity contribution in [2.45, 2.75) is 6.61 Å². The minimum atomic E-state index is -0.475. The molecule has 0 fully saturated rings. The van der Waals surface area contributed by atoms with Crippen LogP contribution in [-0.4, -0.2) is 5.88 Å². The molecule has 2 aromatic rings. The third kappa shape index (κ3) is 4.63. The zero-order chi connectivity index (χ0) is 15.2. The highest BCUT2D eigenvalue weighted by Gasteiger charge is 2.05. The third-order valence-electron chi connectivity index (χ3n) is 2.57. The SMILES string of the molecule is Fc1cc(C#CCCl)cc(OCc2cc(F)ccc2Cl)c1. The molecule has 108 valence electrons. The van der Waals surface area contributed by atoms with Gasteiger partial charge in [0.2, 0.25) is 0 Å². The van der Waals surface area contributed by atoms with Crippen molar-refractivity contribution < 1.29 is 13.5 Å². The molecular weight excluding hydrogens is 317 g/mol. The predicted octanol–water partition coefficient (Wildman–Crippen LogP) is 4.79. The Kier molecular flexibility index (Phi) is 5.44. The fourth-order valence-electron chi connectivity index (χ4n) is 1.67. The molecule has 0 amide bonds. The molecule has 0 aromatic heterocycles. The molecule has 5 heteroatoms. The van der Waals surface area contributed by atoms with Crippen molar-refractivity contribution in [1.82, 2.24) is 0 Å². The lowest BCUT2D eigenvalue weighted by molar-refractivity contribution is 0.304. The van der Waals surface area contributed by atoms with Gasteiger partial charge in [0.15, 0.2) is 0 Å². The maximum atomic E-state index is 13.5. The van der Waals surface area contributed by atoms with Crippen molar-refractivity contribution in [3.05, 3.63) is 64.2 Å². The molecule has 0 N–H and O–H groups in total. The maximum absolute atomic E-state index is 13.5. The predicted molar refractivity (Wildman–Crippen MR) is 79.7 cm³/mol. The summed E-state index contributed by atoms with van der Waals surface area (Å²) in [5.74, 6) is 4.90. The molecule has 2 rings (SSSR count). The van der Waals surface area contributed by atoms with E-state index in [0.717, 1.165) is 0 Å². The average Bonchev–Trinajstić information content (AvgIpc) is 2.45. The fourth-order valence-corrected chi connectivity index (χ4v) is 1.91. The Morgan fingerprint density at radius 3 is 2.62 bits per heavy atom. The molecule has 1 nitrogen and oxygen atoms in total. The van der Waals surface area contributed by atoms with Crippen LogP contribution < -0.4 is 4.74 Å². The Morgan fingerprint density at radius 1 is 1.05 bits per heavy atom. The van der Waals surface area contributed by atoms with Gasteiger partial charge in [0.1, 0.15) is 24.0 Å². The molecule has 0 unspecified atom stereocenters. The lowest BCUT2D eigenvalue weighted by Crippen LogP contribution is -1.98. The Balaban J connectivity index is 2.16. The van der Waals surface area contributed by atoms with Gasteiger partial charge in [-0.25, -0.2) is 8.78 Å². The van der Waals surface area contributed by atoms with Crippen LogP contribution in [0.3, 0.4) is 0 Å². The van der Waals surface area contributed by atoms with Gasteiger partial charge in [-0.3, -0.25) is 0 Å². The molecule has 0 aliphatic heterocycles. The second kappa shape index (κ2) is 7.31. The van der Waals surface area contributed by atoms with Crippen molar-refractivity contribution >= 4 is 23.2 Å². The number of hydrogen-bond acceptors (Lipinski definition) is 1. The summed E-state index contributed by atoms with van der Waals surface area (Å²) in [5.41, 5.74) is 0.935. The van der Waals surface area contributed by atoms with Crippen molar-refractivity contribution in [3.63, 3.8) is 0 Å². The van der Waals surface area contributed by atoms with Crippen LogP contribution in [0.4, 0.5) is 8.78 Å². The summed E-state index contributed by atoms with van der Waals surface area (Å²) in [6.45, 7) is 0.0302. The summed E-state index contributed by atoms with van der Waals surface area (Å²) in [4.78, 5) is 0. The van der Waals surface area contributed by atoms with E-state index in [1.165, 1.54) is 30.3 Å². The van der Waals surface area contributed by atoms with Crippen LogP contribution in [0.5, 0.6) is 5.75 Å². The van der Waals surface area contributed by atoms with Crippen LogP contribution in [0.25, 0.3) is 0 Å². The molecule has 0 atom stereocenters. The van der Waals surface area contributed by atoms with Gasteiger partial charge in [0, 0.05) is 22.2 Å². The molecule has 2 aromatic carbocycles. The second-order valence-electron chi connectivity index (χ2n) is 4.14. The molecular formula is C16H10Cl2F2O. The molecule has 0 saturated heterocycles. The zero-order valence-electron chi connectivity index (χ0n) is 10.8. The quantitative estimate of drug-likeness (QED) is 0.582. The highest BCUT2D eigenvalue weighted by Crippen LogP contribution is 2.21. The maximum Gasteiger partial charge on any atom is 0.128 e. The minimum Gasteiger partial charge on any atom is -0.489 e. The Hall–Kier alpha value is -1.76. The molecule has 0 saturated carbocycles. The second-order valence-corrected chi connectivity index (χ2v) is 4.81. The van der Waals surface area contributed by atoms with E-state index in [0.29, 0.717) is 16.1 Å². The Labute approximate surface area is 131 Å². The Bertz CT molecular complexity index is 705. The number of alkyl halides is 1. The first-order valence-corrected chi connectivity index (χ1v) is 6.92. The van der Waals surface area contributed by atoms with Crippen LogP contribution >= 0.6 is 23.2 Å². The van der Waals surface area contributed by atoms with Crippen molar-refractivity contribution in [2.75, 3.05) is 5.88 Å². The standard InChI is InChI=1S/C16H10Cl2F2O/c17-5-1-2-11-6-14(20)9-15(7-11)21-10-12-8-13(19)3-4-16(12)18/h3-4,6-9H,5,10H2. The highest BCUT2D eigenvalue weighted by molar-refractivity contribution is 6.31. The van der Waals surface area contributed by atoms with Crippen LogP contribution in [0.2, 0.25) is 5.02 Å². The van der Waals surface area contributed by atoms with Crippen molar-refractivity contribution in [1.29, 1.82) is 0 Å². The first-order chi connectivity index (χ1) is 10.1. The van der Waals surface area contributed by atoms with E-state index in [2.05, 4.69) is 11.8 Å². The molecule has 0 bridgehead atoms. The zero-order valence-corrected chi connectivity index (χ0v) is 12.3. The van der Waals surface area contributed by atoms with Crippen molar-refractivity contribution in [2.24, 2.45) is 0 Å². The number of rotatable bonds is 3. The lowest BCUT2D eigenvalue weighted by atomic mass is 10.2. The van der Waals surface area contributed by atoms with Gasteiger partial charge in [0.25, 0.3) is 0 Å². The largest absolute Gasteiger partial charge is 0.489 e. The van der Waals surface area contributed by atoms with Gasteiger partial charge < -0.3 is 4.74 Å². The summed E-state index contributed by atoms with van der Waals surface area (Å²) < 4.78 is 32.0. The first kappa shape index (κ1) is 15.6. The van der Waals surface area contributed by atoms with E-state index >= 15 is 0 Å². The number of halogens is 4. The van der Waals surface area contributed by atoms with Gasteiger partial charge in [-0.1, -0.05) is 23.4 Å². The van der Waals surface area contributed by atoms with Crippen molar-refractivity contribution in [3.8, 4) is 17.6 Å². The number of hydrogen-bond donors (Lipinski definition) is 0. The number of benzene rings is 2. The van der Waals surface area contributed by atoms with Gasteiger partial charge in [0.05, 0.1) is 5.88 Å². The lowest BCUT2D eigenvalue weighted by Gasteiger charge is -2.08. The van der Waals surface area contributed by atoms with Crippen LogP contribution in [0, 0.1) is 23.5 Å². The molecule has 0 aliphatic carbocycles. The number of ether oxygens (including phenoxy) is 1. The van der Waals surface area contributed by atoms with Crippen LogP contribution in [0.1, 0.15) is 11.1 Å². The first-order valence-electron chi connectivity index (χ1n) is 6.00. The summed E-state index contributed by atoms with van der Waals surface area (Å²) in [5, 5.41) is 0.384. The van der Waals surface area contributed by atoms with Gasteiger partial charge in [-0.05, 0) is 30.3 Å². The minimum absolute atomic E-state index is 0.0302. The summed E-state index contributed by atoms with van der Waals surface area (Å²) in [7, 11) is 0. The molecule has 0 radical (unpaired) electrons. The average molecular weight is 327 g/mol. The summed E-state index contributed by atoms with van der Waals surface area (Å²) >= 11 is 11.4. The van der Waals surface area contributed by atoms with Gasteiger partial charge in [-0.15, -0.1) is 11.6 Å². The summed E-state index contributed by atoms with van der Waals surface area (Å²) in [6, 6.07) is 8.05.